The highest BCUT2D eigenvalue weighted by atomic mass is 32.2. The lowest BCUT2D eigenvalue weighted by atomic mass is 10.0. The van der Waals surface area contributed by atoms with E-state index in [0.717, 1.165) is 5.17 Å². The minimum atomic E-state index is 0.266. The van der Waals surface area contributed by atoms with Gasteiger partial charge < -0.3 is 10.2 Å². The molecule has 1 aliphatic carbocycles. The molecule has 0 radical (unpaired) electrons. The molecule has 21 heavy (non-hydrogen) atoms. The third-order valence-electron chi connectivity index (χ3n) is 4.94. The normalized spacial score (nSPS) is 23.8. The van der Waals surface area contributed by atoms with E-state index in [1.165, 1.54) is 68.7 Å². The van der Waals surface area contributed by atoms with Gasteiger partial charge in [-0.3, -0.25) is 4.99 Å². The summed E-state index contributed by atoms with van der Waals surface area (Å²) >= 11 is 1.89. The van der Waals surface area contributed by atoms with Gasteiger partial charge in [0, 0.05) is 30.2 Å². The van der Waals surface area contributed by atoms with Crippen molar-refractivity contribution in [3.8, 4) is 0 Å². The third kappa shape index (κ3) is 2.78. The van der Waals surface area contributed by atoms with Crippen molar-refractivity contribution in [1.29, 1.82) is 0 Å². The zero-order valence-electron chi connectivity index (χ0n) is 12.5. The van der Waals surface area contributed by atoms with Crippen LogP contribution in [0.15, 0.2) is 29.3 Å². The Morgan fingerprint density at radius 3 is 2.43 bits per heavy atom. The summed E-state index contributed by atoms with van der Waals surface area (Å²) in [5, 5.41) is 4.62. The number of benzene rings is 1. The Morgan fingerprint density at radius 2 is 1.71 bits per heavy atom. The summed E-state index contributed by atoms with van der Waals surface area (Å²) < 4.78 is 0. The lowest BCUT2D eigenvalue weighted by Crippen LogP contribution is -2.21. The fraction of sp³-hybridized carbons (Fsp3) is 0.588. The maximum atomic E-state index is 4.97. The Labute approximate surface area is 131 Å². The van der Waals surface area contributed by atoms with Crippen LogP contribution in [0.5, 0.6) is 0 Å². The molecule has 1 aromatic rings. The summed E-state index contributed by atoms with van der Waals surface area (Å²) in [7, 11) is 0. The molecule has 0 atom stereocenters. The van der Waals surface area contributed by atoms with E-state index in [0.29, 0.717) is 0 Å². The SMILES string of the molecule is c1cc(N2CCCC2)ccc1NC1=NC2(CCCC2)CS1. The molecule has 0 bridgehead atoms. The van der Waals surface area contributed by atoms with Crippen molar-refractivity contribution in [1.82, 2.24) is 0 Å². The fourth-order valence-corrected chi connectivity index (χ4v) is 4.90. The molecule has 1 N–H and O–H groups in total. The van der Waals surface area contributed by atoms with E-state index in [1.807, 2.05) is 11.8 Å². The Balaban J connectivity index is 1.43. The molecular weight excluding hydrogens is 278 g/mol. The first-order chi connectivity index (χ1) is 10.3. The van der Waals surface area contributed by atoms with Gasteiger partial charge in [-0.1, -0.05) is 24.6 Å². The molecule has 3 nitrogen and oxygen atoms in total. The van der Waals surface area contributed by atoms with Gasteiger partial charge in [-0.25, -0.2) is 0 Å². The van der Waals surface area contributed by atoms with Crippen molar-refractivity contribution in [2.75, 3.05) is 29.1 Å². The molecule has 0 amide bonds. The van der Waals surface area contributed by atoms with Gasteiger partial charge in [-0.2, -0.15) is 0 Å². The summed E-state index contributed by atoms with van der Waals surface area (Å²) in [6.45, 7) is 2.41. The Hall–Kier alpha value is -1.16. The minimum Gasteiger partial charge on any atom is -0.372 e. The maximum Gasteiger partial charge on any atom is 0.161 e. The summed E-state index contributed by atoms with van der Waals surface area (Å²) in [4.78, 5) is 7.44. The molecule has 2 heterocycles. The highest BCUT2D eigenvalue weighted by molar-refractivity contribution is 8.14. The predicted molar refractivity (Wildman–Crippen MR) is 92.6 cm³/mol. The fourth-order valence-electron chi connectivity index (χ4n) is 3.69. The van der Waals surface area contributed by atoms with Gasteiger partial charge in [0.1, 0.15) is 0 Å². The van der Waals surface area contributed by atoms with E-state index in [9.17, 15) is 0 Å². The summed E-state index contributed by atoms with van der Waals surface area (Å²) in [5.74, 6) is 1.17. The minimum absolute atomic E-state index is 0.266. The van der Waals surface area contributed by atoms with Crippen LogP contribution in [0.2, 0.25) is 0 Å². The molecule has 1 spiro atoms. The van der Waals surface area contributed by atoms with Gasteiger partial charge >= 0.3 is 0 Å². The molecule has 1 aromatic carbocycles. The van der Waals surface area contributed by atoms with Gasteiger partial charge in [0.05, 0.1) is 5.54 Å². The van der Waals surface area contributed by atoms with E-state index in [-0.39, 0.29) is 5.54 Å². The zero-order valence-corrected chi connectivity index (χ0v) is 13.3. The zero-order chi connectivity index (χ0) is 14.1. The Kier molecular flexibility index (Phi) is 3.57. The first-order valence-electron chi connectivity index (χ1n) is 8.18. The lowest BCUT2D eigenvalue weighted by molar-refractivity contribution is 0.508. The Morgan fingerprint density at radius 1 is 1.00 bits per heavy atom. The number of nitrogens with zero attached hydrogens (tertiary/aromatic N) is 2. The molecule has 1 saturated carbocycles. The average Bonchev–Trinajstić information content (AvgIpc) is 3.25. The van der Waals surface area contributed by atoms with Crippen LogP contribution < -0.4 is 10.2 Å². The van der Waals surface area contributed by atoms with Crippen LogP contribution in [0.1, 0.15) is 38.5 Å². The van der Waals surface area contributed by atoms with Crippen LogP contribution in [-0.4, -0.2) is 29.5 Å². The van der Waals surface area contributed by atoms with Crippen molar-refractivity contribution in [2.24, 2.45) is 4.99 Å². The molecule has 0 aromatic heterocycles. The number of anilines is 2. The lowest BCUT2D eigenvalue weighted by Gasteiger charge is -2.18. The largest absolute Gasteiger partial charge is 0.372 e. The first-order valence-corrected chi connectivity index (χ1v) is 9.16. The number of rotatable bonds is 2. The van der Waals surface area contributed by atoms with Crippen molar-refractivity contribution in [2.45, 2.75) is 44.1 Å². The molecule has 4 rings (SSSR count). The van der Waals surface area contributed by atoms with Gasteiger partial charge in [0.15, 0.2) is 5.17 Å². The van der Waals surface area contributed by atoms with E-state index in [1.54, 1.807) is 0 Å². The van der Waals surface area contributed by atoms with Crippen molar-refractivity contribution in [3.05, 3.63) is 24.3 Å². The summed E-state index contributed by atoms with van der Waals surface area (Å²) in [6.07, 6.45) is 7.91. The first kappa shape index (κ1) is 13.5. The van der Waals surface area contributed by atoms with Crippen LogP contribution in [0.4, 0.5) is 11.4 Å². The monoisotopic (exact) mass is 301 g/mol. The molecular formula is C17H23N3S. The van der Waals surface area contributed by atoms with E-state index in [2.05, 4.69) is 34.5 Å². The van der Waals surface area contributed by atoms with Gasteiger partial charge in [0.2, 0.25) is 0 Å². The van der Waals surface area contributed by atoms with Crippen LogP contribution in [0.25, 0.3) is 0 Å². The van der Waals surface area contributed by atoms with Crippen LogP contribution in [0, 0.1) is 0 Å². The van der Waals surface area contributed by atoms with Crippen LogP contribution in [-0.2, 0) is 0 Å². The second kappa shape index (κ2) is 5.56. The highest BCUT2D eigenvalue weighted by Crippen LogP contribution is 2.41. The number of amidine groups is 1. The highest BCUT2D eigenvalue weighted by Gasteiger charge is 2.38. The molecule has 4 heteroatoms. The summed E-state index contributed by atoms with van der Waals surface area (Å²) in [6, 6.07) is 8.85. The van der Waals surface area contributed by atoms with Crippen LogP contribution in [0.3, 0.4) is 0 Å². The number of thioether (sulfide) groups is 1. The smallest absolute Gasteiger partial charge is 0.161 e. The molecule has 3 aliphatic rings. The molecule has 0 unspecified atom stereocenters. The molecule has 2 fully saturated rings. The topological polar surface area (TPSA) is 27.6 Å². The van der Waals surface area contributed by atoms with E-state index in [4.69, 9.17) is 4.99 Å². The van der Waals surface area contributed by atoms with Gasteiger partial charge in [-0.05, 0) is 49.9 Å². The molecule has 112 valence electrons. The number of hydrogen-bond acceptors (Lipinski definition) is 4. The standard InChI is InChI=1S/C17H23N3S/c1-2-10-17(9-1)13-21-16(19-17)18-14-5-7-15(8-6-14)20-11-3-4-12-20/h5-8H,1-4,9-13H2,(H,18,19). The quantitative estimate of drug-likeness (QED) is 0.890. The second-order valence-electron chi connectivity index (χ2n) is 6.50. The van der Waals surface area contributed by atoms with Crippen molar-refractivity contribution < 1.29 is 0 Å². The van der Waals surface area contributed by atoms with Crippen molar-refractivity contribution >= 4 is 28.3 Å². The average molecular weight is 301 g/mol. The van der Waals surface area contributed by atoms with E-state index >= 15 is 0 Å². The summed E-state index contributed by atoms with van der Waals surface area (Å²) in [5.41, 5.74) is 2.79. The third-order valence-corrected chi connectivity index (χ3v) is 6.09. The second-order valence-corrected chi connectivity index (χ2v) is 7.47. The van der Waals surface area contributed by atoms with Gasteiger partial charge in [0.25, 0.3) is 0 Å². The van der Waals surface area contributed by atoms with Crippen LogP contribution >= 0.6 is 11.8 Å². The predicted octanol–water partition coefficient (Wildman–Crippen LogP) is 4.11. The van der Waals surface area contributed by atoms with Crippen molar-refractivity contribution in [3.63, 3.8) is 0 Å². The maximum absolute atomic E-state index is 4.97. The molecule has 1 saturated heterocycles. The molecule has 2 aliphatic heterocycles. The number of aliphatic imine (C=N–C) groups is 1. The van der Waals surface area contributed by atoms with E-state index < -0.39 is 0 Å². The number of nitrogens with one attached hydrogen (secondary N) is 1. The van der Waals surface area contributed by atoms with Gasteiger partial charge in [-0.15, -0.1) is 0 Å². The Bertz CT molecular complexity index is 525. The number of hydrogen-bond donors (Lipinski definition) is 1.